The van der Waals surface area contributed by atoms with Gasteiger partial charge in [0.2, 0.25) is 0 Å². The fourth-order valence-corrected chi connectivity index (χ4v) is 3.53. The molecule has 0 saturated heterocycles. The van der Waals surface area contributed by atoms with Gasteiger partial charge >= 0.3 is 0 Å². The maximum atomic E-state index is 13.3. The van der Waals surface area contributed by atoms with Crippen LogP contribution in [0.4, 0.5) is 8.78 Å². The van der Waals surface area contributed by atoms with Gasteiger partial charge in [-0.25, -0.2) is 8.78 Å². The highest BCUT2D eigenvalue weighted by atomic mass is 32.2. The zero-order chi connectivity index (χ0) is 12.6. The minimum absolute atomic E-state index is 0.112. The third-order valence-electron chi connectivity index (χ3n) is 3.39. The molecule has 1 N–H and O–H groups in total. The normalized spacial score (nSPS) is 27.9. The van der Waals surface area contributed by atoms with Crippen LogP contribution < -0.4 is 5.32 Å². The monoisotopic (exact) mass is 257 g/mol. The van der Waals surface area contributed by atoms with E-state index in [4.69, 9.17) is 0 Å². The van der Waals surface area contributed by atoms with Gasteiger partial charge in [-0.2, -0.15) is 0 Å². The lowest BCUT2D eigenvalue weighted by Crippen LogP contribution is -2.34. The number of fused-ring (bicyclic) bond motifs is 1. The molecule has 0 spiro atoms. The molecule has 0 aliphatic carbocycles. The fraction of sp³-hybridized carbons (Fsp3) is 0.538. The molecule has 0 radical (unpaired) electrons. The van der Waals surface area contributed by atoms with E-state index in [9.17, 15) is 8.78 Å². The summed E-state index contributed by atoms with van der Waals surface area (Å²) >= 11 is 1.63. The van der Waals surface area contributed by atoms with Gasteiger partial charge < -0.3 is 5.32 Å². The molecule has 3 atom stereocenters. The van der Waals surface area contributed by atoms with Gasteiger partial charge in [-0.1, -0.05) is 20.8 Å². The first-order valence-corrected chi connectivity index (χ1v) is 6.81. The van der Waals surface area contributed by atoms with Crippen LogP contribution in [-0.2, 0) is 0 Å². The zero-order valence-corrected chi connectivity index (χ0v) is 11.1. The zero-order valence-electron chi connectivity index (χ0n) is 10.3. The fourth-order valence-electron chi connectivity index (χ4n) is 2.27. The molecule has 1 aromatic rings. The average molecular weight is 257 g/mol. The summed E-state index contributed by atoms with van der Waals surface area (Å²) in [5, 5.41) is 3.76. The van der Waals surface area contributed by atoms with Crippen molar-refractivity contribution in [1.29, 1.82) is 0 Å². The Morgan fingerprint density at radius 3 is 2.53 bits per heavy atom. The summed E-state index contributed by atoms with van der Waals surface area (Å²) in [6.07, 6.45) is 0. The Morgan fingerprint density at radius 2 is 1.88 bits per heavy atom. The van der Waals surface area contributed by atoms with Gasteiger partial charge in [-0.05, 0) is 30.2 Å². The predicted octanol–water partition coefficient (Wildman–Crippen LogP) is 3.75. The SMILES string of the molecule is CCNC1c2cc(F)c(F)cc2SC(C)C1C. The van der Waals surface area contributed by atoms with Crippen molar-refractivity contribution < 1.29 is 8.78 Å². The average Bonchev–Trinajstić information content (AvgIpc) is 2.28. The second-order valence-electron chi connectivity index (χ2n) is 4.52. The molecule has 94 valence electrons. The van der Waals surface area contributed by atoms with Gasteiger partial charge in [0.15, 0.2) is 11.6 Å². The molecule has 1 aliphatic rings. The lowest BCUT2D eigenvalue weighted by atomic mass is 9.91. The first-order chi connectivity index (χ1) is 8.04. The number of nitrogens with one attached hydrogen (secondary N) is 1. The van der Waals surface area contributed by atoms with Gasteiger partial charge in [0.25, 0.3) is 0 Å². The van der Waals surface area contributed by atoms with Crippen LogP contribution in [-0.4, -0.2) is 11.8 Å². The molecule has 0 amide bonds. The van der Waals surface area contributed by atoms with Crippen LogP contribution in [0.5, 0.6) is 0 Å². The van der Waals surface area contributed by atoms with E-state index in [2.05, 4.69) is 19.2 Å². The van der Waals surface area contributed by atoms with Crippen molar-refractivity contribution >= 4 is 11.8 Å². The summed E-state index contributed by atoms with van der Waals surface area (Å²) in [4.78, 5) is 0.862. The third-order valence-corrected chi connectivity index (χ3v) is 4.80. The first kappa shape index (κ1) is 12.8. The van der Waals surface area contributed by atoms with E-state index in [0.717, 1.165) is 17.0 Å². The Balaban J connectivity index is 2.46. The smallest absolute Gasteiger partial charge is 0.159 e. The highest BCUT2D eigenvalue weighted by molar-refractivity contribution is 8.00. The van der Waals surface area contributed by atoms with Crippen molar-refractivity contribution in [2.45, 2.75) is 37.0 Å². The van der Waals surface area contributed by atoms with Crippen LogP contribution in [0.25, 0.3) is 0 Å². The van der Waals surface area contributed by atoms with E-state index in [-0.39, 0.29) is 6.04 Å². The molecule has 1 aliphatic heterocycles. The second-order valence-corrected chi connectivity index (χ2v) is 5.94. The number of benzene rings is 1. The molecular weight excluding hydrogens is 240 g/mol. The van der Waals surface area contributed by atoms with Crippen molar-refractivity contribution in [3.05, 3.63) is 29.3 Å². The predicted molar refractivity (Wildman–Crippen MR) is 67.3 cm³/mol. The maximum Gasteiger partial charge on any atom is 0.159 e. The Kier molecular flexibility index (Phi) is 3.73. The largest absolute Gasteiger partial charge is 0.310 e. The molecular formula is C13H17F2NS. The van der Waals surface area contributed by atoms with E-state index in [1.54, 1.807) is 11.8 Å². The summed E-state index contributed by atoms with van der Waals surface area (Å²) in [7, 11) is 0. The van der Waals surface area contributed by atoms with Crippen LogP contribution in [0.1, 0.15) is 32.4 Å². The Hall–Kier alpha value is -0.610. The van der Waals surface area contributed by atoms with Crippen LogP contribution >= 0.6 is 11.8 Å². The standard InChI is InChI=1S/C13H17F2NS/c1-4-16-13-7(2)8(3)17-12-6-11(15)10(14)5-9(12)13/h5-8,13,16H,4H2,1-3H3. The van der Waals surface area contributed by atoms with Gasteiger partial charge in [0.05, 0.1) is 0 Å². The number of halogens is 2. The van der Waals surface area contributed by atoms with Crippen LogP contribution in [0.3, 0.4) is 0 Å². The summed E-state index contributed by atoms with van der Waals surface area (Å²) in [6.45, 7) is 7.13. The number of thioether (sulfide) groups is 1. The highest BCUT2D eigenvalue weighted by Gasteiger charge is 2.32. The molecule has 3 unspecified atom stereocenters. The number of rotatable bonds is 2. The Morgan fingerprint density at radius 1 is 1.24 bits per heavy atom. The van der Waals surface area contributed by atoms with E-state index in [0.29, 0.717) is 11.2 Å². The van der Waals surface area contributed by atoms with Gasteiger partial charge in [0.1, 0.15) is 0 Å². The summed E-state index contributed by atoms with van der Waals surface area (Å²) in [5.41, 5.74) is 0.890. The second kappa shape index (κ2) is 4.94. The molecule has 1 heterocycles. The Labute approximate surface area is 105 Å². The van der Waals surface area contributed by atoms with Crippen LogP contribution in [0, 0.1) is 17.6 Å². The molecule has 1 nitrogen and oxygen atoms in total. The van der Waals surface area contributed by atoms with Crippen LogP contribution in [0.2, 0.25) is 0 Å². The molecule has 17 heavy (non-hydrogen) atoms. The van der Waals surface area contributed by atoms with E-state index >= 15 is 0 Å². The highest BCUT2D eigenvalue weighted by Crippen LogP contribution is 2.44. The number of hydrogen-bond donors (Lipinski definition) is 1. The molecule has 2 rings (SSSR count). The molecule has 0 saturated carbocycles. The third kappa shape index (κ3) is 2.33. The molecule has 1 aromatic carbocycles. The lowest BCUT2D eigenvalue weighted by Gasteiger charge is -2.36. The van der Waals surface area contributed by atoms with Gasteiger partial charge in [-0.3, -0.25) is 0 Å². The van der Waals surface area contributed by atoms with E-state index in [1.807, 2.05) is 6.92 Å². The van der Waals surface area contributed by atoms with E-state index < -0.39 is 11.6 Å². The maximum absolute atomic E-state index is 13.3. The van der Waals surface area contributed by atoms with E-state index in [1.165, 1.54) is 12.1 Å². The summed E-state index contributed by atoms with van der Waals surface area (Å²) in [5.74, 6) is -1.11. The quantitative estimate of drug-likeness (QED) is 0.866. The summed E-state index contributed by atoms with van der Waals surface area (Å²) < 4.78 is 26.6. The molecule has 0 bridgehead atoms. The molecule has 0 fully saturated rings. The van der Waals surface area contributed by atoms with Crippen molar-refractivity contribution in [3.8, 4) is 0 Å². The minimum atomic E-state index is -0.756. The van der Waals surface area contributed by atoms with Crippen molar-refractivity contribution in [1.82, 2.24) is 5.32 Å². The Bertz CT molecular complexity index is 422. The summed E-state index contributed by atoms with van der Waals surface area (Å²) in [6, 6.07) is 2.77. The molecule has 4 heteroatoms. The van der Waals surface area contributed by atoms with Crippen LogP contribution in [0.15, 0.2) is 17.0 Å². The van der Waals surface area contributed by atoms with Gasteiger partial charge in [-0.15, -0.1) is 11.8 Å². The van der Waals surface area contributed by atoms with Crippen molar-refractivity contribution in [3.63, 3.8) is 0 Å². The topological polar surface area (TPSA) is 12.0 Å². The number of hydrogen-bond acceptors (Lipinski definition) is 2. The van der Waals surface area contributed by atoms with Gasteiger partial charge in [0, 0.05) is 16.2 Å². The minimum Gasteiger partial charge on any atom is -0.310 e. The van der Waals surface area contributed by atoms with Crippen molar-refractivity contribution in [2.24, 2.45) is 5.92 Å². The van der Waals surface area contributed by atoms with Crippen molar-refractivity contribution in [2.75, 3.05) is 6.54 Å². The lowest BCUT2D eigenvalue weighted by molar-refractivity contribution is 0.375. The first-order valence-electron chi connectivity index (χ1n) is 5.93. The molecule has 0 aromatic heterocycles.